The highest BCUT2D eigenvalue weighted by atomic mass is 19.4. The zero-order chi connectivity index (χ0) is 21.8. The Morgan fingerprint density at radius 2 is 1.81 bits per heavy atom. The van der Waals surface area contributed by atoms with Crippen LogP contribution in [0.1, 0.15) is 25.3 Å². The zero-order valence-corrected chi connectivity index (χ0v) is 16.9. The summed E-state index contributed by atoms with van der Waals surface area (Å²) in [5, 5.41) is 0. The van der Waals surface area contributed by atoms with Crippen LogP contribution in [0.15, 0.2) is 36.8 Å². The molecule has 0 atom stereocenters. The molecule has 162 valence electrons. The molecular formula is C21H21F3N6O. The third kappa shape index (κ3) is 3.60. The van der Waals surface area contributed by atoms with Crippen LogP contribution in [0.5, 0.6) is 0 Å². The summed E-state index contributed by atoms with van der Waals surface area (Å²) in [7, 11) is 0. The van der Waals surface area contributed by atoms with Gasteiger partial charge < -0.3 is 9.80 Å². The summed E-state index contributed by atoms with van der Waals surface area (Å²) in [5.41, 5.74) is -0.167. The number of carbonyl (C=O) groups is 1. The number of alkyl halides is 3. The van der Waals surface area contributed by atoms with Crippen LogP contribution < -0.4 is 4.90 Å². The third-order valence-electron chi connectivity index (χ3n) is 6.11. The minimum atomic E-state index is -4.45. The van der Waals surface area contributed by atoms with Gasteiger partial charge >= 0.3 is 6.18 Å². The predicted molar refractivity (Wildman–Crippen MR) is 107 cm³/mol. The lowest BCUT2D eigenvalue weighted by Gasteiger charge is -2.36. The minimum absolute atomic E-state index is 0.178. The van der Waals surface area contributed by atoms with Crippen LogP contribution in [-0.4, -0.2) is 56.3 Å². The van der Waals surface area contributed by atoms with Gasteiger partial charge in [0.15, 0.2) is 5.82 Å². The van der Waals surface area contributed by atoms with Gasteiger partial charge in [0.25, 0.3) is 0 Å². The molecule has 1 aliphatic carbocycles. The molecule has 10 heteroatoms. The summed E-state index contributed by atoms with van der Waals surface area (Å²) in [6.07, 6.45) is 1.53. The van der Waals surface area contributed by atoms with E-state index < -0.39 is 11.7 Å². The third-order valence-corrected chi connectivity index (χ3v) is 6.11. The van der Waals surface area contributed by atoms with Gasteiger partial charge in [0.2, 0.25) is 5.91 Å². The summed E-state index contributed by atoms with van der Waals surface area (Å²) in [4.78, 5) is 29.5. The Balaban J connectivity index is 1.38. The maximum Gasteiger partial charge on any atom is 0.417 e. The van der Waals surface area contributed by atoms with E-state index in [0.29, 0.717) is 49.2 Å². The summed E-state index contributed by atoms with van der Waals surface area (Å²) in [6.45, 7) is 4.54. The van der Waals surface area contributed by atoms with Gasteiger partial charge in [-0.1, -0.05) is 6.92 Å². The Morgan fingerprint density at radius 1 is 1.06 bits per heavy atom. The lowest BCUT2D eigenvalue weighted by atomic mass is 10.1. The molecule has 0 radical (unpaired) electrons. The molecular weight excluding hydrogens is 409 g/mol. The summed E-state index contributed by atoms with van der Waals surface area (Å²) in [5.74, 6) is 1.20. The zero-order valence-electron chi connectivity index (χ0n) is 16.9. The smallest absolute Gasteiger partial charge is 0.353 e. The molecule has 3 aromatic heterocycles. The van der Waals surface area contributed by atoms with Crippen molar-refractivity contribution in [1.29, 1.82) is 0 Å². The van der Waals surface area contributed by atoms with Crippen LogP contribution in [0.25, 0.3) is 17.2 Å². The van der Waals surface area contributed by atoms with Crippen molar-refractivity contribution in [3.05, 3.63) is 42.4 Å². The van der Waals surface area contributed by atoms with E-state index in [1.165, 1.54) is 16.7 Å². The molecule has 5 rings (SSSR count). The summed E-state index contributed by atoms with van der Waals surface area (Å²) < 4.78 is 40.7. The molecule has 0 bridgehead atoms. The SMILES string of the molecule is CC1(C(=O)N2CCN(c3ccnc(-c4cnc5ccc(C(F)(F)F)cn45)n3)CC2)CC1. The molecule has 31 heavy (non-hydrogen) atoms. The standard InChI is InChI=1S/C21H21F3N6O/c1-20(5-6-20)19(31)29-10-8-28(9-11-29)17-4-7-25-18(27-17)15-12-26-16-3-2-14(13-30(15)16)21(22,23)24/h2-4,7,12-13H,5-6,8-11H2,1H3. The molecule has 0 spiro atoms. The van der Waals surface area contributed by atoms with Crippen molar-refractivity contribution in [3.63, 3.8) is 0 Å². The van der Waals surface area contributed by atoms with Crippen molar-refractivity contribution in [1.82, 2.24) is 24.3 Å². The Bertz CT molecular complexity index is 1150. The van der Waals surface area contributed by atoms with Crippen molar-refractivity contribution in [2.24, 2.45) is 5.41 Å². The first kappa shape index (κ1) is 19.8. The number of aromatic nitrogens is 4. The van der Waals surface area contributed by atoms with Crippen molar-refractivity contribution < 1.29 is 18.0 Å². The molecule has 7 nitrogen and oxygen atoms in total. The van der Waals surface area contributed by atoms with Gasteiger partial charge in [0, 0.05) is 44.0 Å². The Kier molecular flexibility index (Phi) is 4.42. The molecule has 3 aromatic rings. The van der Waals surface area contributed by atoms with Crippen LogP contribution in [0.3, 0.4) is 0 Å². The second-order valence-corrected chi connectivity index (χ2v) is 8.37. The Hall–Kier alpha value is -3.17. The fourth-order valence-electron chi connectivity index (χ4n) is 3.88. The van der Waals surface area contributed by atoms with Crippen LogP contribution in [0.4, 0.5) is 19.0 Å². The largest absolute Gasteiger partial charge is 0.417 e. The highest BCUT2D eigenvalue weighted by Gasteiger charge is 2.47. The van der Waals surface area contributed by atoms with Crippen LogP contribution in [0.2, 0.25) is 0 Å². The predicted octanol–water partition coefficient (Wildman–Crippen LogP) is 3.26. The number of halogens is 3. The highest BCUT2D eigenvalue weighted by molar-refractivity contribution is 5.85. The van der Waals surface area contributed by atoms with E-state index in [-0.39, 0.29) is 11.3 Å². The maximum absolute atomic E-state index is 13.1. The van der Waals surface area contributed by atoms with E-state index in [4.69, 9.17) is 0 Å². The molecule has 1 amide bonds. The van der Waals surface area contributed by atoms with E-state index in [0.717, 1.165) is 25.1 Å². The average Bonchev–Trinajstić information content (AvgIpc) is 3.38. The lowest BCUT2D eigenvalue weighted by Crippen LogP contribution is -2.50. The normalized spacial score (nSPS) is 18.5. The molecule has 4 heterocycles. The number of anilines is 1. The minimum Gasteiger partial charge on any atom is -0.353 e. The molecule has 0 unspecified atom stereocenters. The molecule has 1 aliphatic heterocycles. The van der Waals surface area contributed by atoms with Gasteiger partial charge in [0.1, 0.15) is 17.2 Å². The fraction of sp³-hybridized carbons (Fsp3) is 0.429. The summed E-state index contributed by atoms with van der Waals surface area (Å²) >= 11 is 0. The number of fused-ring (bicyclic) bond motifs is 1. The average molecular weight is 430 g/mol. The topological polar surface area (TPSA) is 66.6 Å². The number of carbonyl (C=O) groups excluding carboxylic acids is 1. The van der Waals surface area contributed by atoms with Crippen LogP contribution in [0, 0.1) is 5.41 Å². The number of hydrogen-bond donors (Lipinski definition) is 0. The van der Waals surface area contributed by atoms with E-state index in [1.807, 2.05) is 11.8 Å². The highest BCUT2D eigenvalue weighted by Crippen LogP contribution is 2.46. The van der Waals surface area contributed by atoms with Crippen molar-refractivity contribution in [2.75, 3.05) is 31.1 Å². The fourth-order valence-corrected chi connectivity index (χ4v) is 3.88. The second-order valence-electron chi connectivity index (χ2n) is 8.37. The molecule has 2 fully saturated rings. The number of hydrogen-bond acceptors (Lipinski definition) is 5. The second kappa shape index (κ2) is 6.93. The quantitative estimate of drug-likeness (QED) is 0.638. The molecule has 0 aromatic carbocycles. The van der Waals surface area contributed by atoms with E-state index in [1.54, 1.807) is 12.3 Å². The van der Waals surface area contributed by atoms with Crippen molar-refractivity contribution >= 4 is 17.4 Å². The van der Waals surface area contributed by atoms with Gasteiger partial charge in [0.05, 0.1) is 11.8 Å². The Morgan fingerprint density at radius 3 is 2.48 bits per heavy atom. The van der Waals surface area contributed by atoms with Gasteiger partial charge in [-0.15, -0.1) is 0 Å². The van der Waals surface area contributed by atoms with Gasteiger partial charge in [-0.3, -0.25) is 9.20 Å². The maximum atomic E-state index is 13.1. The van der Waals surface area contributed by atoms with E-state index >= 15 is 0 Å². The number of imidazole rings is 1. The first-order valence-electron chi connectivity index (χ1n) is 10.2. The monoisotopic (exact) mass is 430 g/mol. The van der Waals surface area contributed by atoms with Crippen LogP contribution >= 0.6 is 0 Å². The molecule has 0 N–H and O–H groups in total. The van der Waals surface area contributed by atoms with Crippen molar-refractivity contribution in [2.45, 2.75) is 25.9 Å². The van der Waals surface area contributed by atoms with Crippen LogP contribution in [-0.2, 0) is 11.0 Å². The van der Waals surface area contributed by atoms with Gasteiger partial charge in [-0.2, -0.15) is 13.2 Å². The van der Waals surface area contributed by atoms with E-state index in [9.17, 15) is 18.0 Å². The number of amides is 1. The Labute approximate surface area is 176 Å². The summed E-state index contributed by atoms with van der Waals surface area (Å²) in [6, 6.07) is 4.10. The first-order chi connectivity index (χ1) is 14.7. The number of piperazine rings is 1. The molecule has 1 saturated heterocycles. The molecule has 2 aliphatic rings. The van der Waals surface area contributed by atoms with Gasteiger partial charge in [-0.05, 0) is 31.0 Å². The van der Waals surface area contributed by atoms with E-state index in [2.05, 4.69) is 19.9 Å². The van der Waals surface area contributed by atoms with Gasteiger partial charge in [-0.25, -0.2) is 15.0 Å². The van der Waals surface area contributed by atoms with Crippen molar-refractivity contribution in [3.8, 4) is 11.5 Å². The number of rotatable bonds is 3. The number of pyridine rings is 1. The lowest BCUT2D eigenvalue weighted by molar-refractivity contribution is -0.138. The first-order valence-corrected chi connectivity index (χ1v) is 10.2. The molecule has 1 saturated carbocycles. The number of nitrogens with zero attached hydrogens (tertiary/aromatic N) is 6.